The zero-order valence-electron chi connectivity index (χ0n) is 22.6. The van der Waals surface area contributed by atoms with Gasteiger partial charge in [0, 0.05) is 11.2 Å². The lowest BCUT2D eigenvalue weighted by atomic mass is 10.1. The lowest BCUT2D eigenvalue weighted by Gasteiger charge is -2.18. The molecule has 4 heterocycles. The zero-order chi connectivity index (χ0) is 28.8. The number of hydrogen-bond acceptors (Lipinski definition) is 11. The summed E-state index contributed by atoms with van der Waals surface area (Å²) in [5.74, 6) is -0.894. The van der Waals surface area contributed by atoms with E-state index in [0.717, 1.165) is 18.6 Å². The second-order valence-electron chi connectivity index (χ2n) is 8.21. The summed E-state index contributed by atoms with van der Waals surface area (Å²) in [6.45, 7) is -3.32. The number of aromatic nitrogens is 5. The summed E-state index contributed by atoms with van der Waals surface area (Å²) in [6, 6.07) is -1.21. The maximum absolute atomic E-state index is 13.6. The van der Waals surface area contributed by atoms with E-state index in [-0.39, 0.29) is 35.5 Å². The highest BCUT2D eigenvalue weighted by Gasteiger charge is 2.44. The van der Waals surface area contributed by atoms with E-state index in [2.05, 4.69) is 20.0 Å². The Bertz CT molecular complexity index is 1470. The number of amides is 1. The molecule has 0 unspecified atom stereocenters. The van der Waals surface area contributed by atoms with Gasteiger partial charge in [0.25, 0.3) is 5.56 Å². The van der Waals surface area contributed by atoms with Crippen LogP contribution in [0.4, 0.5) is 4.79 Å². The molecular formula is C21H28N6O9. The molecule has 5 atom stereocenters. The van der Waals surface area contributed by atoms with Crippen LogP contribution in [0, 0.1) is 6.85 Å². The number of fused-ring (bicyclic) bond motifs is 2. The van der Waals surface area contributed by atoms with Crippen LogP contribution < -0.4 is 10.9 Å². The quantitative estimate of drug-likeness (QED) is 0.260. The number of nitrogens with zero attached hydrogens (tertiary/aromatic N) is 5. The Kier molecular flexibility index (Phi) is 5.94. The van der Waals surface area contributed by atoms with Gasteiger partial charge in [0.1, 0.15) is 24.4 Å². The molecule has 3 aromatic rings. The molecule has 36 heavy (non-hydrogen) atoms. The van der Waals surface area contributed by atoms with Crippen LogP contribution in [0.2, 0.25) is 0 Å². The number of ether oxygens (including phenoxy) is 3. The second-order valence-corrected chi connectivity index (χ2v) is 8.21. The first-order chi connectivity index (χ1) is 18.3. The van der Waals surface area contributed by atoms with Gasteiger partial charge in [0.05, 0.1) is 38.5 Å². The molecule has 4 rings (SSSR count). The van der Waals surface area contributed by atoms with Crippen LogP contribution in [-0.4, -0.2) is 96.1 Å². The normalized spacial score (nSPS) is 24.3. The minimum absolute atomic E-state index is 0.0319. The number of methoxy groups -OCH3 is 2. The summed E-state index contributed by atoms with van der Waals surface area (Å²) in [7, 11) is 3.72. The number of alkyl carbamates (subject to hydrolysis) is 1. The third-order valence-corrected chi connectivity index (χ3v) is 6.17. The molecule has 0 spiro atoms. The topological polar surface area (TPSA) is 192 Å². The molecule has 0 saturated carbocycles. The molecule has 196 valence electrons. The van der Waals surface area contributed by atoms with Crippen molar-refractivity contribution in [3.63, 3.8) is 0 Å². The van der Waals surface area contributed by atoms with E-state index < -0.39 is 67.4 Å². The number of aliphatic hydroxyl groups is 3. The number of rotatable bonds is 7. The van der Waals surface area contributed by atoms with Crippen molar-refractivity contribution in [2.24, 2.45) is 7.05 Å². The summed E-state index contributed by atoms with van der Waals surface area (Å²) < 4.78 is 42.5. The van der Waals surface area contributed by atoms with Crippen molar-refractivity contribution < 1.29 is 43.2 Å². The number of carbonyl (C=O) groups is 2. The van der Waals surface area contributed by atoms with E-state index in [1.54, 1.807) is 0 Å². The number of esters is 1. The molecule has 15 heteroatoms. The van der Waals surface area contributed by atoms with Crippen LogP contribution >= 0.6 is 0 Å². The van der Waals surface area contributed by atoms with E-state index in [4.69, 9.17) is 13.6 Å². The maximum atomic E-state index is 13.6. The molecule has 1 aliphatic heterocycles. The van der Waals surface area contributed by atoms with Gasteiger partial charge in [-0.1, -0.05) is 0 Å². The second kappa shape index (κ2) is 9.85. The molecule has 0 aliphatic carbocycles. The number of aliphatic hydroxyl groups excluding tert-OH is 3. The molecule has 0 radical (unpaired) electrons. The highest BCUT2D eigenvalue weighted by molar-refractivity contribution is 5.81. The van der Waals surface area contributed by atoms with Gasteiger partial charge in [-0.05, 0) is 19.7 Å². The third kappa shape index (κ3) is 4.09. The van der Waals surface area contributed by atoms with E-state index in [0.29, 0.717) is 0 Å². The van der Waals surface area contributed by atoms with Gasteiger partial charge < -0.3 is 34.8 Å². The largest absolute Gasteiger partial charge is 0.467 e. The van der Waals surface area contributed by atoms with Crippen molar-refractivity contribution in [3.05, 3.63) is 28.1 Å². The van der Waals surface area contributed by atoms with Gasteiger partial charge in [-0.3, -0.25) is 13.9 Å². The van der Waals surface area contributed by atoms with Crippen molar-refractivity contribution in [1.29, 1.82) is 0 Å². The van der Waals surface area contributed by atoms with Crippen molar-refractivity contribution >= 4 is 29.0 Å². The first-order valence-corrected chi connectivity index (χ1v) is 10.9. The standard InChI is InChI=1S/C21H28N6O9/c1-9-11(6-5-10(19(32)34-3)24-21(33)35-4)27-17(31)13-16(25(2)20(27)23-9)26(8-22-13)18-15(30)14(29)12(7-28)36-18/h8,10,12,14-15,18,28-30H,5-7H2,1-4H3,(H,24,33)/t10-,12+,14+,15+,18+/m0/s1/i1D3. The monoisotopic (exact) mass is 511 g/mol. The van der Waals surface area contributed by atoms with E-state index in [1.165, 1.54) is 22.5 Å². The highest BCUT2D eigenvalue weighted by Crippen LogP contribution is 2.31. The molecule has 15 nitrogen and oxygen atoms in total. The predicted molar refractivity (Wildman–Crippen MR) is 121 cm³/mol. The van der Waals surface area contributed by atoms with Crippen LogP contribution in [0.5, 0.6) is 0 Å². The third-order valence-electron chi connectivity index (χ3n) is 6.17. The summed E-state index contributed by atoms with van der Waals surface area (Å²) in [4.78, 5) is 45.9. The number of aryl methyl sites for hydroxylation is 3. The Morgan fingerprint density at radius 3 is 2.67 bits per heavy atom. The fourth-order valence-corrected chi connectivity index (χ4v) is 4.32. The molecule has 1 saturated heterocycles. The van der Waals surface area contributed by atoms with E-state index >= 15 is 0 Å². The van der Waals surface area contributed by atoms with Gasteiger partial charge in [-0.15, -0.1) is 0 Å². The Morgan fingerprint density at radius 2 is 2.06 bits per heavy atom. The van der Waals surface area contributed by atoms with Crippen LogP contribution in [0.3, 0.4) is 0 Å². The predicted octanol–water partition coefficient (Wildman–Crippen LogP) is -1.87. The average Bonchev–Trinajstić information content (AvgIpc) is 3.59. The summed E-state index contributed by atoms with van der Waals surface area (Å²) in [5.41, 5.74) is -1.19. The van der Waals surface area contributed by atoms with Gasteiger partial charge in [-0.2, -0.15) is 0 Å². The van der Waals surface area contributed by atoms with Crippen molar-refractivity contribution in [1.82, 2.24) is 28.8 Å². The number of hydrogen-bond donors (Lipinski definition) is 4. The fourth-order valence-electron chi connectivity index (χ4n) is 4.32. The van der Waals surface area contributed by atoms with E-state index in [9.17, 15) is 29.7 Å². The lowest BCUT2D eigenvalue weighted by Crippen LogP contribution is -2.41. The molecule has 0 bridgehead atoms. The molecule has 1 fully saturated rings. The van der Waals surface area contributed by atoms with Crippen molar-refractivity contribution in [2.75, 3.05) is 20.8 Å². The Balaban J connectivity index is 1.86. The van der Waals surface area contributed by atoms with Crippen LogP contribution in [0.25, 0.3) is 16.9 Å². The summed E-state index contributed by atoms with van der Waals surface area (Å²) in [5, 5.41) is 32.4. The summed E-state index contributed by atoms with van der Waals surface area (Å²) >= 11 is 0. The fraction of sp³-hybridized carbons (Fsp3) is 0.571. The summed E-state index contributed by atoms with van der Waals surface area (Å²) in [6.07, 6.45) is -5.19. The SMILES string of the molecule is [2H]C([2H])([2H])c1nc2n(C)c3c(ncn3[C@@H]3O[C@H](CO)[C@@H](O)[C@H]3O)c(=O)n2c1CC[C@H](NC(=O)OC)C(=O)OC. The maximum Gasteiger partial charge on any atom is 0.407 e. The lowest BCUT2D eigenvalue weighted by molar-refractivity contribution is -0.143. The van der Waals surface area contributed by atoms with E-state index in [1.807, 2.05) is 0 Å². The Hall–Kier alpha value is -3.53. The molecule has 4 N–H and O–H groups in total. The van der Waals surface area contributed by atoms with Crippen LogP contribution in [0.15, 0.2) is 11.1 Å². The Morgan fingerprint density at radius 1 is 1.31 bits per heavy atom. The minimum atomic E-state index is -2.76. The van der Waals surface area contributed by atoms with Crippen LogP contribution in [-0.2, 0) is 32.5 Å². The minimum Gasteiger partial charge on any atom is -0.467 e. The first kappa shape index (κ1) is 21.7. The molecule has 1 aliphatic rings. The van der Waals surface area contributed by atoms with Crippen LogP contribution in [0.1, 0.15) is 28.1 Å². The molecule has 1 amide bonds. The Labute approximate surface area is 208 Å². The smallest absolute Gasteiger partial charge is 0.407 e. The molecule has 0 aromatic carbocycles. The van der Waals surface area contributed by atoms with Gasteiger partial charge in [-0.25, -0.2) is 24.0 Å². The van der Waals surface area contributed by atoms with Gasteiger partial charge >= 0.3 is 12.1 Å². The number of imidazole rings is 2. The number of carbonyl (C=O) groups excluding carboxylic acids is 2. The highest BCUT2D eigenvalue weighted by atomic mass is 16.6. The average molecular weight is 512 g/mol. The molecular weight excluding hydrogens is 480 g/mol. The van der Waals surface area contributed by atoms with Crippen molar-refractivity contribution in [3.8, 4) is 0 Å². The van der Waals surface area contributed by atoms with Crippen molar-refractivity contribution in [2.45, 2.75) is 50.3 Å². The van der Waals surface area contributed by atoms with Gasteiger partial charge in [0.15, 0.2) is 17.4 Å². The molecule has 3 aromatic heterocycles. The van der Waals surface area contributed by atoms with Gasteiger partial charge in [0.2, 0.25) is 5.78 Å². The number of nitrogens with one attached hydrogen (secondary N) is 1. The zero-order valence-corrected chi connectivity index (χ0v) is 19.6. The first-order valence-electron chi connectivity index (χ1n) is 12.4.